The topological polar surface area (TPSA) is 90.0 Å². The van der Waals surface area contributed by atoms with Crippen molar-refractivity contribution in [2.45, 2.75) is 81.3 Å². The molecule has 1 fully saturated rings. The minimum atomic E-state index is -3.91. The summed E-state index contributed by atoms with van der Waals surface area (Å²) in [6.45, 7) is 18.0. The van der Waals surface area contributed by atoms with Gasteiger partial charge in [-0.05, 0) is 71.6 Å². The monoisotopic (exact) mass is 665 g/mol. The van der Waals surface area contributed by atoms with Crippen LogP contribution in [-0.4, -0.2) is 51.0 Å². The summed E-state index contributed by atoms with van der Waals surface area (Å²) in [5, 5.41) is -1.04. The molecular formula is C35H43NO6S2Si. The quantitative estimate of drug-likeness (QED) is 0.0648. The first-order chi connectivity index (χ1) is 21.0. The zero-order chi connectivity index (χ0) is 33.2. The molecule has 7 nitrogen and oxygen atoms in total. The fraction of sp³-hybridized carbons (Fsp3) is 0.371. The van der Waals surface area contributed by atoms with Gasteiger partial charge in [-0.25, -0.2) is 13.2 Å². The van der Waals surface area contributed by atoms with Gasteiger partial charge in [-0.2, -0.15) is 0 Å². The third-order valence-electron chi connectivity index (χ3n) is 8.58. The number of rotatable bonds is 12. The molecule has 0 radical (unpaired) electrons. The maximum absolute atomic E-state index is 14.1. The number of carbonyl (C=O) groups excluding carboxylic acids is 2. The van der Waals surface area contributed by atoms with Gasteiger partial charge in [0.05, 0.1) is 16.9 Å². The average molecular weight is 666 g/mol. The molecule has 0 aliphatic carbocycles. The van der Waals surface area contributed by atoms with E-state index in [0.717, 1.165) is 11.1 Å². The second kappa shape index (κ2) is 13.7. The summed E-state index contributed by atoms with van der Waals surface area (Å²) >= 11 is 0. The molecule has 1 aliphatic heterocycles. The zero-order valence-corrected chi connectivity index (χ0v) is 29.6. The number of carbonyl (C=O) groups is 2. The lowest BCUT2D eigenvalue weighted by Gasteiger charge is -2.52. The Morgan fingerprint density at radius 3 is 1.82 bits per heavy atom. The van der Waals surface area contributed by atoms with Crippen LogP contribution >= 0.6 is 10.8 Å². The van der Waals surface area contributed by atoms with Gasteiger partial charge in [-0.3, -0.25) is 4.79 Å². The molecule has 1 heterocycles. The lowest BCUT2D eigenvalue weighted by Crippen LogP contribution is -2.69. The molecule has 4 rings (SSSR count). The Kier molecular flexibility index (Phi) is 10.5. The molecule has 1 aliphatic rings. The van der Waals surface area contributed by atoms with Crippen LogP contribution in [0.15, 0.2) is 108 Å². The van der Waals surface area contributed by atoms with E-state index in [1.165, 1.54) is 17.0 Å². The maximum atomic E-state index is 14.1. The molecular weight excluding hydrogens is 623 g/mol. The van der Waals surface area contributed by atoms with E-state index < -0.39 is 52.7 Å². The molecule has 1 saturated heterocycles. The molecule has 0 spiro atoms. The molecule has 0 saturated carbocycles. The molecule has 0 N–H and O–H groups in total. The largest absolute Gasteiger partial charge is 0.451 e. The van der Waals surface area contributed by atoms with Crippen molar-refractivity contribution >= 4 is 39.9 Å². The smallest absolute Gasteiger partial charge is 0.334 e. The SMILES string of the molecule is C=C(C)C(C(=O)OC(c1ccccc1)c1ccccc1)N1C(=O)C([C@@H](C)O[Si](C)(C)C(C)(C)C)C1SS(=O)(=O)c1ccccc1. The van der Waals surface area contributed by atoms with E-state index in [1.807, 2.05) is 67.6 Å². The van der Waals surface area contributed by atoms with Crippen molar-refractivity contribution in [1.29, 1.82) is 0 Å². The van der Waals surface area contributed by atoms with Crippen LogP contribution in [0.3, 0.4) is 0 Å². The molecule has 4 atom stereocenters. The summed E-state index contributed by atoms with van der Waals surface area (Å²) in [5.41, 5.74) is 1.89. The highest BCUT2D eigenvalue weighted by Gasteiger charge is 2.58. The molecule has 3 aromatic rings. The van der Waals surface area contributed by atoms with Gasteiger partial charge in [-0.15, -0.1) is 0 Å². The first kappa shape index (κ1) is 34.7. The highest BCUT2D eigenvalue weighted by molar-refractivity contribution is 8.72. The minimum Gasteiger partial charge on any atom is -0.451 e. The predicted molar refractivity (Wildman–Crippen MR) is 183 cm³/mol. The summed E-state index contributed by atoms with van der Waals surface area (Å²) in [7, 11) is -5.57. The van der Waals surface area contributed by atoms with E-state index in [2.05, 4.69) is 40.4 Å². The first-order valence-electron chi connectivity index (χ1n) is 15.0. The summed E-state index contributed by atoms with van der Waals surface area (Å²) in [4.78, 5) is 29.6. The Morgan fingerprint density at radius 1 is 0.911 bits per heavy atom. The molecule has 3 aromatic carbocycles. The van der Waals surface area contributed by atoms with Crippen molar-refractivity contribution in [2.24, 2.45) is 5.92 Å². The standard InChI is InChI=1S/C35H43NO6S2Si/c1-24(2)30(34(38)41-31(26-18-12-9-13-19-26)27-20-14-10-15-21-27)36-32(37)29(25(3)42-45(7,8)35(4,5)6)33(36)43-44(39,40)28-22-16-11-17-23-28/h9-23,25,29-31,33H,1H2,2-8H3/t25-,29?,30?,33?/m1/s1. The van der Waals surface area contributed by atoms with Crippen LogP contribution in [0, 0.1) is 5.92 Å². The van der Waals surface area contributed by atoms with Crippen LogP contribution in [0.1, 0.15) is 51.8 Å². The van der Waals surface area contributed by atoms with E-state index in [1.54, 1.807) is 25.1 Å². The van der Waals surface area contributed by atoms with Crippen molar-refractivity contribution < 1.29 is 27.2 Å². The molecule has 0 aromatic heterocycles. The van der Waals surface area contributed by atoms with Gasteiger partial charge in [-0.1, -0.05) is 106 Å². The van der Waals surface area contributed by atoms with Gasteiger partial charge in [0, 0.05) is 0 Å². The van der Waals surface area contributed by atoms with Crippen molar-refractivity contribution in [3.63, 3.8) is 0 Å². The van der Waals surface area contributed by atoms with Crippen molar-refractivity contribution in [2.75, 3.05) is 0 Å². The number of hydrogen-bond acceptors (Lipinski definition) is 7. The maximum Gasteiger partial charge on any atom is 0.334 e. The van der Waals surface area contributed by atoms with Crippen LogP contribution in [0.4, 0.5) is 0 Å². The second-order valence-electron chi connectivity index (χ2n) is 13.0. The van der Waals surface area contributed by atoms with E-state index in [0.29, 0.717) is 16.4 Å². The highest BCUT2D eigenvalue weighted by atomic mass is 33.1. The van der Waals surface area contributed by atoms with Crippen LogP contribution in [0.25, 0.3) is 0 Å². The Bertz CT molecular complexity index is 1570. The lowest BCUT2D eigenvalue weighted by atomic mass is 9.89. The minimum absolute atomic E-state index is 0.119. The van der Waals surface area contributed by atoms with Gasteiger partial charge in [0.1, 0.15) is 5.37 Å². The van der Waals surface area contributed by atoms with Gasteiger partial charge in [0.15, 0.2) is 20.5 Å². The highest BCUT2D eigenvalue weighted by Crippen LogP contribution is 2.47. The van der Waals surface area contributed by atoms with Gasteiger partial charge in [0.25, 0.3) is 0 Å². The number of esters is 1. The van der Waals surface area contributed by atoms with Crippen LogP contribution in [-0.2, 0) is 27.6 Å². The summed E-state index contributed by atoms with van der Waals surface area (Å²) in [6.07, 6.45) is -1.32. The Hall–Kier alpha value is -3.18. The number of likely N-dealkylation sites (tertiary alicyclic amines) is 1. The summed E-state index contributed by atoms with van der Waals surface area (Å²) < 4.78 is 40.1. The first-order valence-corrected chi connectivity index (χ1v) is 20.8. The van der Waals surface area contributed by atoms with Gasteiger partial charge in [0.2, 0.25) is 14.8 Å². The van der Waals surface area contributed by atoms with E-state index >= 15 is 0 Å². The zero-order valence-electron chi connectivity index (χ0n) is 27.0. The number of hydrogen-bond donors (Lipinski definition) is 0. The third kappa shape index (κ3) is 7.62. The fourth-order valence-electron chi connectivity index (χ4n) is 5.13. The van der Waals surface area contributed by atoms with Crippen molar-refractivity contribution in [1.82, 2.24) is 4.90 Å². The van der Waals surface area contributed by atoms with Crippen molar-refractivity contribution in [3.05, 3.63) is 114 Å². The number of benzene rings is 3. The van der Waals surface area contributed by atoms with Crippen LogP contribution < -0.4 is 0 Å². The number of β-lactam (4-membered cyclic amide) rings is 1. The Balaban J connectivity index is 1.71. The number of nitrogens with zero attached hydrogens (tertiary/aromatic N) is 1. The van der Waals surface area contributed by atoms with Crippen LogP contribution in [0.5, 0.6) is 0 Å². The molecule has 1 amide bonds. The third-order valence-corrected chi connectivity index (χ3v) is 16.9. The van der Waals surface area contributed by atoms with Crippen LogP contribution in [0.2, 0.25) is 18.1 Å². The predicted octanol–water partition coefficient (Wildman–Crippen LogP) is 7.58. The molecule has 45 heavy (non-hydrogen) atoms. The summed E-state index contributed by atoms with van der Waals surface area (Å²) in [5.74, 6) is -1.85. The molecule has 240 valence electrons. The normalized spacial score (nSPS) is 18.7. The Labute approximate surface area is 272 Å². The molecule has 10 heteroatoms. The molecule has 0 bridgehead atoms. The van der Waals surface area contributed by atoms with E-state index in [4.69, 9.17) is 9.16 Å². The van der Waals surface area contributed by atoms with E-state index in [-0.39, 0.29) is 15.8 Å². The number of ether oxygens (including phenoxy) is 1. The average Bonchev–Trinajstić information content (AvgIpc) is 2.98. The van der Waals surface area contributed by atoms with Crippen molar-refractivity contribution in [3.8, 4) is 0 Å². The second-order valence-corrected chi connectivity index (χ2v) is 21.7. The summed E-state index contributed by atoms with van der Waals surface area (Å²) in [6, 6.07) is 25.6. The number of amides is 1. The molecule has 3 unspecified atom stereocenters. The van der Waals surface area contributed by atoms with E-state index in [9.17, 15) is 18.0 Å². The Morgan fingerprint density at radius 2 is 1.38 bits per heavy atom. The van der Waals surface area contributed by atoms with Gasteiger partial charge >= 0.3 is 5.97 Å². The lowest BCUT2D eigenvalue weighted by molar-refractivity contribution is -0.171. The fourth-order valence-corrected chi connectivity index (χ4v) is 10.3. The van der Waals surface area contributed by atoms with Gasteiger partial charge < -0.3 is 14.1 Å².